The number of nitro groups is 1. The van der Waals surface area contributed by atoms with Crippen LogP contribution in [0.2, 0.25) is 0 Å². The minimum absolute atomic E-state index is 0.0641. The fourth-order valence-corrected chi connectivity index (χ4v) is 2.28. The molecule has 0 bridgehead atoms. The number of carbonyl (C=O) groups is 2. The van der Waals surface area contributed by atoms with Gasteiger partial charge in [-0.3, -0.25) is 14.9 Å². The first-order valence-corrected chi connectivity index (χ1v) is 6.41. The smallest absolute Gasteiger partial charge is 0.338 e. The number of hydrogen-bond acceptors (Lipinski definition) is 5. The molecule has 0 saturated carbocycles. The molecular weight excluding hydrogens is 278 g/mol. The number of carbonyl (C=O) groups excluding carboxylic acids is 1. The maximum atomic E-state index is 11.9. The first-order valence-electron chi connectivity index (χ1n) is 6.41. The number of hydrogen-bond donors (Lipinski definition) is 1. The van der Waals surface area contributed by atoms with E-state index in [9.17, 15) is 24.8 Å². The topological polar surface area (TPSA) is 104 Å². The Balaban J connectivity index is 2.40. The Bertz CT molecular complexity index is 601. The van der Waals surface area contributed by atoms with E-state index in [0.29, 0.717) is 25.2 Å². The second-order valence-corrected chi connectivity index (χ2v) is 4.85. The van der Waals surface area contributed by atoms with Crippen molar-refractivity contribution in [2.45, 2.75) is 6.42 Å². The van der Waals surface area contributed by atoms with Gasteiger partial charge < -0.3 is 14.9 Å². The van der Waals surface area contributed by atoms with Gasteiger partial charge in [0.05, 0.1) is 22.7 Å². The van der Waals surface area contributed by atoms with Crippen LogP contribution in [-0.2, 0) is 4.79 Å². The van der Waals surface area contributed by atoms with E-state index in [1.807, 2.05) is 0 Å². The van der Waals surface area contributed by atoms with E-state index in [1.54, 1.807) is 16.8 Å². The average Bonchev–Trinajstić information content (AvgIpc) is 2.60. The zero-order valence-corrected chi connectivity index (χ0v) is 11.5. The number of aromatic carboxylic acids is 1. The van der Waals surface area contributed by atoms with Crippen LogP contribution in [0.25, 0.3) is 0 Å². The number of anilines is 1. The first-order chi connectivity index (χ1) is 9.90. The van der Waals surface area contributed by atoms with Crippen LogP contribution in [-0.4, -0.2) is 53.5 Å². The molecule has 1 aromatic carbocycles. The van der Waals surface area contributed by atoms with E-state index >= 15 is 0 Å². The summed E-state index contributed by atoms with van der Waals surface area (Å²) >= 11 is 0. The summed E-state index contributed by atoms with van der Waals surface area (Å²) in [4.78, 5) is 36.6. The van der Waals surface area contributed by atoms with Gasteiger partial charge in [0.1, 0.15) is 0 Å². The number of carboxylic acids is 1. The summed E-state index contributed by atoms with van der Waals surface area (Å²) in [5.74, 6) is -1.36. The molecule has 1 aromatic rings. The fraction of sp³-hybridized carbons (Fsp3) is 0.385. The van der Waals surface area contributed by atoms with E-state index in [0.717, 1.165) is 6.07 Å². The van der Waals surface area contributed by atoms with Crippen LogP contribution in [0.5, 0.6) is 0 Å². The number of carboxylic acid groups (broad SMARTS) is 1. The normalized spacial score (nSPS) is 15.8. The van der Waals surface area contributed by atoms with Crippen molar-refractivity contribution in [3.05, 3.63) is 33.9 Å². The molecule has 0 aromatic heterocycles. The van der Waals surface area contributed by atoms with Crippen molar-refractivity contribution in [3.8, 4) is 0 Å². The molecule has 1 amide bonds. The molecule has 0 radical (unpaired) electrons. The number of nitrogens with zero attached hydrogens (tertiary/aromatic N) is 3. The van der Waals surface area contributed by atoms with Crippen LogP contribution in [0.1, 0.15) is 16.8 Å². The molecule has 1 heterocycles. The van der Waals surface area contributed by atoms with Crippen molar-refractivity contribution in [1.29, 1.82) is 0 Å². The maximum absolute atomic E-state index is 11.9. The summed E-state index contributed by atoms with van der Waals surface area (Å²) in [5.41, 5.74) is -0.118. The molecule has 1 N–H and O–H groups in total. The molecule has 1 aliphatic rings. The standard InChI is InChI=1S/C13H15N3O5/c1-14-5-2-6-15(8-12(14)17)11-4-3-9(16(20)21)7-10(11)13(18)19/h3-4,7H,2,5-6,8H2,1H3,(H,18,19). The summed E-state index contributed by atoms with van der Waals surface area (Å²) in [6.45, 7) is 1.19. The second-order valence-electron chi connectivity index (χ2n) is 4.85. The Labute approximate surface area is 120 Å². The van der Waals surface area contributed by atoms with E-state index < -0.39 is 10.9 Å². The van der Waals surface area contributed by atoms with Crippen molar-refractivity contribution in [1.82, 2.24) is 4.90 Å². The van der Waals surface area contributed by atoms with Gasteiger partial charge >= 0.3 is 5.97 Å². The molecule has 0 unspecified atom stereocenters. The molecule has 0 atom stereocenters. The molecular formula is C13H15N3O5. The number of rotatable bonds is 3. The molecule has 0 aliphatic carbocycles. The lowest BCUT2D eigenvalue weighted by molar-refractivity contribution is -0.384. The van der Waals surface area contributed by atoms with Gasteiger partial charge in [-0.15, -0.1) is 0 Å². The van der Waals surface area contributed by atoms with Crippen molar-refractivity contribution in [3.63, 3.8) is 0 Å². The van der Waals surface area contributed by atoms with Crippen LogP contribution in [0.3, 0.4) is 0 Å². The molecule has 2 rings (SSSR count). The van der Waals surface area contributed by atoms with Crippen molar-refractivity contribution >= 4 is 23.3 Å². The van der Waals surface area contributed by atoms with Gasteiger partial charge in [-0.1, -0.05) is 0 Å². The van der Waals surface area contributed by atoms with Crippen LogP contribution in [0.15, 0.2) is 18.2 Å². The molecule has 0 spiro atoms. The molecule has 8 heteroatoms. The largest absolute Gasteiger partial charge is 0.478 e. The zero-order valence-electron chi connectivity index (χ0n) is 11.5. The third kappa shape index (κ3) is 3.10. The highest BCUT2D eigenvalue weighted by Gasteiger charge is 2.24. The Morgan fingerprint density at radius 1 is 1.38 bits per heavy atom. The molecule has 112 valence electrons. The lowest BCUT2D eigenvalue weighted by Crippen LogP contribution is -2.35. The summed E-state index contributed by atoms with van der Waals surface area (Å²) in [7, 11) is 1.69. The van der Waals surface area contributed by atoms with E-state index in [1.165, 1.54) is 12.1 Å². The van der Waals surface area contributed by atoms with Gasteiger partial charge in [0.2, 0.25) is 5.91 Å². The Hall–Kier alpha value is -2.64. The van der Waals surface area contributed by atoms with Gasteiger partial charge in [0.25, 0.3) is 5.69 Å². The van der Waals surface area contributed by atoms with Crippen LogP contribution in [0, 0.1) is 10.1 Å². The quantitative estimate of drug-likeness (QED) is 0.657. The number of nitro benzene ring substituents is 1. The highest BCUT2D eigenvalue weighted by atomic mass is 16.6. The monoisotopic (exact) mass is 293 g/mol. The third-order valence-electron chi connectivity index (χ3n) is 3.44. The predicted octanol–water partition coefficient (Wildman–Crippen LogP) is 0.961. The van der Waals surface area contributed by atoms with Gasteiger partial charge in [-0.2, -0.15) is 0 Å². The molecule has 1 aliphatic heterocycles. The third-order valence-corrected chi connectivity index (χ3v) is 3.44. The highest BCUT2D eigenvalue weighted by molar-refractivity contribution is 5.96. The van der Waals surface area contributed by atoms with Gasteiger partial charge in [-0.25, -0.2) is 4.79 Å². The van der Waals surface area contributed by atoms with Crippen molar-refractivity contribution < 1.29 is 19.6 Å². The summed E-state index contributed by atoms with van der Waals surface area (Å²) < 4.78 is 0. The van der Waals surface area contributed by atoms with Crippen LogP contribution >= 0.6 is 0 Å². The SMILES string of the molecule is CN1CCCN(c2ccc([N+](=O)[O-])cc2C(=O)O)CC1=O. The lowest BCUT2D eigenvalue weighted by Gasteiger charge is -2.23. The lowest BCUT2D eigenvalue weighted by atomic mass is 10.1. The minimum Gasteiger partial charge on any atom is -0.478 e. The fourth-order valence-electron chi connectivity index (χ4n) is 2.28. The van der Waals surface area contributed by atoms with Crippen molar-refractivity contribution in [2.75, 3.05) is 31.6 Å². The van der Waals surface area contributed by atoms with E-state index in [4.69, 9.17) is 0 Å². The predicted molar refractivity (Wildman–Crippen MR) is 74.5 cm³/mol. The second kappa shape index (κ2) is 5.78. The Kier molecular flexibility index (Phi) is 4.06. The molecule has 1 saturated heterocycles. The number of non-ortho nitro benzene ring substituents is 1. The maximum Gasteiger partial charge on any atom is 0.338 e. The summed E-state index contributed by atoms with van der Waals surface area (Å²) in [6.07, 6.45) is 0.707. The van der Waals surface area contributed by atoms with Crippen LogP contribution in [0.4, 0.5) is 11.4 Å². The minimum atomic E-state index is -1.25. The number of likely N-dealkylation sites (N-methyl/N-ethyl adjacent to an activating group) is 1. The Morgan fingerprint density at radius 3 is 2.71 bits per heavy atom. The number of amides is 1. The van der Waals surface area contributed by atoms with Crippen LogP contribution < -0.4 is 4.90 Å². The van der Waals surface area contributed by atoms with Gasteiger partial charge in [0, 0.05) is 32.3 Å². The molecule has 21 heavy (non-hydrogen) atoms. The molecule has 8 nitrogen and oxygen atoms in total. The average molecular weight is 293 g/mol. The van der Waals surface area contributed by atoms with Gasteiger partial charge in [-0.05, 0) is 12.5 Å². The van der Waals surface area contributed by atoms with Gasteiger partial charge in [0.15, 0.2) is 0 Å². The zero-order chi connectivity index (χ0) is 15.6. The van der Waals surface area contributed by atoms with E-state index in [-0.39, 0.29) is 23.7 Å². The highest BCUT2D eigenvalue weighted by Crippen LogP contribution is 2.26. The Morgan fingerprint density at radius 2 is 2.10 bits per heavy atom. The first kappa shape index (κ1) is 14.8. The van der Waals surface area contributed by atoms with Crippen molar-refractivity contribution in [2.24, 2.45) is 0 Å². The summed E-state index contributed by atoms with van der Waals surface area (Å²) in [6, 6.07) is 3.66. The van der Waals surface area contributed by atoms with E-state index in [2.05, 4.69) is 0 Å². The number of benzene rings is 1. The summed E-state index contributed by atoms with van der Waals surface area (Å²) in [5, 5.41) is 20.0. The molecule has 1 fully saturated rings.